The van der Waals surface area contributed by atoms with Crippen molar-refractivity contribution in [1.82, 2.24) is 5.32 Å². The summed E-state index contributed by atoms with van der Waals surface area (Å²) in [5.74, 6) is 0.906. The van der Waals surface area contributed by atoms with Crippen LogP contribution in [0.3, 0.4) is 0 Å². The number of furan rings is 1. The van der Waals surface area contributed by atoms with Gasteiger partial charge >= 0.3 is 0 Å². The van der Waals surface area contributed by atoms with Crippen molar-refractivity contribution in [3.05, 3.63) is 24.2 Å². The lowest BCUT2D eigenvalue weighted by Gasteiger charge is -2.18. The maximum absolute atomic E-state index is 11.6. The maximum atomic E-state index is 11.6. The highest BCUT2D eigenvalue weighted by Gasteiger charge is 2.19. The first-order valence-corrected chi connectivity index (χ1v) is 6.17. The van der Waals surface area contributed by atoms with Crippen molar-refractivity contribution in [2.45, 2.75) is 32.9 Å². The predicted octanol–water partition coefficient (Wildman–Crippen LogP) is 1.88. The molecule has 0 bridgehead atoms. The molecule has 5 nitrogen and oxygen atoms in total. The van der Waals surface area contributed by atoms with Gasteiger partial charge in [0, 0.05) is 6.61 Å². The van der Waals surface area contributed by atoms with E-state index in [1.54, 1.807) is 19.3 Å². The zero-order chi connectivity index (χ0) is 13.5. The third-order valence-electron chi connectivity index (χ3n) is 2.35. The van der Waals surface area contributed by atoms with Crippen molar-refractivity contribution < 1.29 is 13.9 Å². The molecule has 0 saturated carbocycles. The van der Waals surface area contributed by atoms with Crippen molar-refractivity contribution in [3.63, 3.8) is 0 Å². The van der Waals surface area contributed by atoms with Crippen LogP contribution in [0.25, 0.3) is 0 Å². The predicted molar refractivity (Wildman–Crippen MR) is 76.1 cm³/mol. The van der Waals surface area contributed by atoms with E-state index in [9.17, 15) is 4.79 Å². The van der Waals surface area contributed by atoms with Crippen LogP contribution in [0.4, 0.5) is 0 Å². The van der Waals surface area contributed by atoms with Crippen molar-refractivity contribution in [2.75, 3.05) is 13.2 Å². The summed E-state index contributed by atoms with van der Waals surface area (Å²) in [5, 5.41) is 2.81. The number of hydrogen-bond donors (Lipinski definition) is 2. The highest BCUT2D eigenvalue weighted by atomic mass is 35.5. The molecule has 0 aromatic carbocycles. The standard InChI is InChI=1S/C13H22N2O3.ClH/c1-9(2)7-17-8-11(12-5-4-6-18-12)15-13(16)10(3)14;/h4-6,9-11H,7-8,14H2,1-3H3,(H,15,16);1H. The molecule has 0 aliphatic rings. The van der Waals surface area contributed by atoms with Gasteiger partial charge in [-0.3, -0.25) is 4.79 Å². The van der Waals surface area contributed by atoms with Gasteiger partial charge in [0.05, 0.1) is 18.9 Å². The largest absolute Gasteiger partial charge is 0.467 e. The van der Waals surface area contributed by atoms with Gasteiger partial charge in [-0.05, 0) is 25.0 Å². The second-order valence-corrected chi connectivity index (χ2v) is 4.80. The minimum Gasteiger partial charge on any atom is -0.467 e. The Hall–Kier alpha value is -1.04. The molecule has 1 heterocycles. The lowest BCUT2D eigenvalue weighted by atomic mass is 10.2. The summed E-state index contributed by atoms with van der Waals surface area (Å²) < 4.78 is 10.8. The van der Waals surface area contributed by atoms with Crippen LogP contribution in [-0.2, 0) is 9.53 Å². The van der Waals surface area contributed by atoms with Gasteiger partial charge in [0.1, 0.15) is 11.8 Å². The molecular weight excluding hydrogens is 268 g/mol. The fraction of sp³-hybridized carbons (Fsp3) is 0.615. The topological polar surface area (TPSA) is 77.5 Å². The van der Waals surface area contributed by atoms with Crippen molar-refractivity contribution >= 4 is 18.3 Å². The fourth-order valence-corrected chi connectivity index (χ4v) is 1.41. The lowest BCUT2D eigenvalue weighted by Crippen LogP contribution is -2.41. The Morgan fingerprint density at radius 2 is 2.11 bits per heavy atom. The van der Waals surface area contributed by atoms with E-state index in [1.165, 1.54) is 0 Å². The number of carbonyl (C=O) groups excluding carboxylic acids is 1. The van der Waals surface area contributed by atoms with E-state index >= 15 is 0 Å². The molecule has 0 fully saturated rings. The molecule has 0 radical (unpaired) electrons. The Morgan fingerprint density at radius 3 is 2.58 bits per heavy atom. The normalized spacial score (nSPS) is 13.7. The summed E-state index contributed by atoms with van der Waals surface area (Å²) >= 11 is 0. The molecule has 0 aliphatic heterocycles. The van der Waals surface area contributed by atoms with Gasteiger partial charge in [0.2, 0.25) is 5.91 Å². The number of rotatable bonds is 7. The fourth-order valence-electron chi connectivity index (χ4n) is 1.41. The van der Waals surface area contributed by atoms with Crippen LogP contribution in [0.2, 0.25) is 0 Å². The van der Waals surface area contributed by atoms with E-state index in [4.69, 9.17) is 14.9 Å². The second-order valence-electron chi connectivity index (χ2n) is 4.80. The third-order valence-corrected chi connectivity index (χ3v) is 2.35. The molecule has 2 atom stereocenters. The average Bonchev–Trinajstić information content (AvgIpc) is 2.80. The van der Waals surface area contributed by atoms with Crippen molar-refractivity contribution in [2.24, 2.45) is 11.7 Å². The number of hydrogen-bond acceptors (Lipinski definition) is 4. The molecule has 2 unspecified atom stereocenters. The quantitative estimate of drug-likeness (QED) is 0.804. The minimum absolute atomic E-state index is 0. The van der Waals surface area contributed by atoms with E-state index in [0.717, 1.165) is 0 Å². The minimum atomic E-state index is -0.549. The number of carbonyl (C=O) groups is 1. The molecule has 19 heavy (non-hydrogen) atoms. The average molecular weight is 291 g/mol. The van der Waals surface area contributed by atoms with Crippen LogP contribution in [-0.4, -0.2) is 25.2 Å². The molecule has 1 aromatic heterocycles. The number of nitrogens with one attached hydrogen (secondary N) is 1. The highest BCUT2D eigenvalue weighted by molar-refractivity contribution is 5.85. The van der Waals surface area contributed by atoms with Crippen LogP contribution in [0, 0.1) is 5.92 Å². The summed E-state index contributed by atoms with van der Waals surface area (Å²) in [4.78, 5) is 11.6. The Balaban J connectivity index is 0.00000324. The molecular formula is C13H23ClN2O3. The highest BCUT2D eigenvalue weighted by Crippen LogP contribution is 2.14. The summed E-state index contributed by atoms with van der Waals surface area (Å²) in [5.41, 5.74) is 5.53. The smallest absolute Gasteiger partial charge is 0.237 e. The van der Waals surface area contributed by atoms with E-state index in [2.05, 4.69) is 19.2 Å². The van der Waals surface area contributed by atoms with E-state index in [-0.39, 0.29) is 24.4 Å². The molecule has 0 spiro atoms. The lowest BCUT2D eigenvalue weighted by molar-refractivity contribution is -0.123. The first-order valence-electron chi connectivity index (χ1n) is 6.17. The maximum Gasteiger partial charge on any atom is 0.237 e. The van der Waals surface area contributed by atoms with E-state index < -0.39 is 6.04 Å². The first kappa shape index (κ1) is 18.0. The zero-order valence-corrected chi connectivity index (χ0v) is 12.4. The van der Waals surface area contributed by atoms with Crippen LogP contribution < -0.4 is 11.1 Å². The number of amides is 1. The monoisotopic (exact) mass is 290 g/mol. The third kappa shape index (κ3) is 6.61. The summed E-state index contributed by atoms with van der Waals surface area (Å²) in [6, 6.07) is 2.75. The van der Waals surface area contributed by atoms with Crippen LogP contribution in [0.5, 0.6) is 0 Å². The van der Waals surface area contributed by atoms with Gasteiger partial charge in [-0.2, -0.15) is 0 Å². The van der Waals surface area contributed by atoms with E-state index in [0.29, 0.717) is 24.9 Å². The molecule has 110 valence electrons. The second kappa shape index (κ2) is 8.96. The Morgan fingerprint density at radius 1 is 1.42 bits per heavy atom. The van der Waals surface area contributed by atoms with Gasteiger partial charge in [0.25, 0.3) is 0 Å². The van der Waals surface area contributed by atoms with Crippen molar-refractivity contribution in [1.29, 1.82) is 0 Å². The zero-order valence-electron chi connectivity index (χ0n) is 11.6. The van der Waals surface area contributed by atoms with Gasteiger partial charge in [-0.15, -0.1) is 12.4 Å². The molecule has 0 aliphatic carbocycles. The SMILES string of the molecule is CC(C)COCC(NC(=O)C(C)N)c1ccco1.Cl. The summed E-state index contributed by atoms with van der Waals surface area (Å²) in [6.45, 7) is 6.81. The Labute approximate surface area is 120 Å². The van der Waals surface area contributed by atoms with Crippen LogP contribution >= 0.6 is 12.4 Å². The van der Waals surface area contributed by atoms with Gasteiger partial charge in [0.15, 0.2) is 0 Å². The number of nitrogens with two attached hydrogens (primary N) is 1. The van der Waals surface area contributed by atoms with Crippen LogP contribution in [0.1, 0.15) is 32.6 Å². The molecule has 1 rings (SSSR count). The number of ether oxygens (including phenoxy) is 1. The van der Waals surface area contributed by atoms with E-state index in [1.807, 2.05) is 6.07 Å². The molecule has 3 N–H and O–H groups in total. The van der Waals surface area contributed by atoms with Gasteiger partial charge < -0.3 is 20.2 Å². The summed E-state index contributed by atoms with van der Waals surface area (Å²) in [6.07, 6.45) is 1.57. The first-order chi connectivity index (χ1) is 8.50. The van der Waals surface area contributed by atoms with Gasteiger partial charge in [-0.1, -0.05) is 13.8 Å². The Kier molecular flexibility index (Phi) is 8.47. The van der Waals surface area contributed by atoms with Crippen LogP contribution in [0.15, 0.2) is 22.8 Å². The molecule has 1 aromatic rings. The molecule has 1 amide bonds. The molecule has 6 heteroatoms. The summed E-state index contributed by atoms with van der Waals surface area (Å²) in [7, 11) is 0. The van der Waals surface area contributed by atoms with Gasteiger partial charge in [-0.25, -0.2) is 0 Å². The number of halogens is 1. The van der Waals surface area contributed by atoms with Crippen molar-refractivity contribution in [3.8, 4) is 0 Å². The molecule has 0 saturated heterocycles. The Bertz CT molecular complexity index is 353.